The Morgan fingerprint density at radius 1 is 1.06 bits per heavy atom. The second kappa shape index (κ2) is 10.7. The number of hydrogen-bond acceptors (Lipinski definition) is 5. The van der Waals surface area contributed by atoms with Crippen LogP contribution in [0.25, 0.3) is 11.1 Å². The molecule has 0 heterocycles. The normalized spacial score (nSPS) is 19.5. The molecule has 184 valence electrons. The number of nitrogens with zero attached hydrogens (tertiary/aromatic N) is 1. The minimum absolute atomic E-state index is 0.0744. The Labute approximate surface area is 205 Å². The van der Waals surface area contributed by atoms with E-state index in [0.717, 1.165) is 22.3 Å². The second-order valence-electron chi connectivity index (χ2n) is 9.33. The fourth-order valence-corrected chi connectivity index (χ4v) is 4.82. The summed E-state index contributed by atoms with van der Waals surface area (Å²) in [6.45, 7) is 0.427. The molecular weight excluding hydrogens is 446 g/mol. The minimum Gasteiger partial charge on any atom is -0.481 e. The average molecular weight is 478 g/mol. The zero-order valence-corrected chi connectivity index (χ0v) is 19.9. The number of rotatable bonds is 8. The molecule has 8 nitrogen and oxygen atoms in total. The van der Waals surface area contributed by atoms with E-state index in [4.69, 9.17) is 4.74 Å². The van der Waals surface area contributed by atoms with Crippen molar-refractivity contribution in [3.8, 4) is 11.1 Å². The predicted octanol–water partition coefficient (Wildman–Crippen LogP) is 2.99. The van der Waals surface area contributed by atoms with E-state index in [2.05, 4.69) is 22.8 Å². The van der Waals surface area contributed by atoms with Gasteiger partial charge in [0.1, 0.15) is 12.6 Å². The van der Waals surface area contributed by atoms with Crippen LogP contribution >= 0.6 is 0 Å². The summed E-state index contributed by atoms with van der Waals surface area (Å²) < 4.78 is 5.60. The highest BCUT2D eigenvalue weighted by Gasteiger charge is 2.31. The van der Waals surface area contributed by atoms with Gasteiger partial charge in [0.25, 0.3) is 0 Å². The number of benzene rings is 2. The number of ether oxygens (including phenoxy) is 1. The molecule has 0 fully saturated rings. The van der Waals surface area contributed by atoms with Crippen molar-refractivity contribution in [2.75, 3.05) is 27.2 Å². The van der Waals surface area contributed by atoms with Crippen LogP contribution < -0.4 is 10.6 Å². The molecule has 4 rings (SSSR count). The average Bonchev–Trinajstić information content (AvgIpc) is 3.16. The van der Waals surface area contributed by atoms with Crippen molar-refractivity contribution in [3.05, 3.63) is 71.8 Å². The van der Waals surface area contributed by atoms with Crippen LogP contribution in [-0.4, -0.2) is 67.3 Å². The van der Waals surface area contributed by atoms with Crippen LogP contribution in [0.3, 0.4) is 0 Å². The van der Waals surface area contributed by atoms with Gasteiger partial charge in [-0.05, 0) is 49.2 Å². The van der Waals surface area contributed by atoms with E-state index in [1.165, 1.54) is 0 Å². The van der Waals surface area contributed by atoms with Crippen LogP contribution in [0, 0.1) is 5.92 Å². The summed E-state index contributed by atoms with van der Waals surface area (Å²) in [4.78, 5) is 38.8. The Hall–Kier alpha value is -3.65. The Balaban J connectivity index is 1.38. The molecule has 0 radical (unpaired) electrons. The first-order chi connectivity index (χ1) is 16.8. The third-order valence-electron chi connectivity index (χ3n) is 6.50. The number of hydrogen-bond donors (Lipinski definition) is 3. The largest absolute Gasteiger partial charge is 0.481 e. The van der Waals surface area contributed by atoms with Gasteiger partial charge in [0.15, 0.2) is 0 Å². The summed E-state index contributed by atoms with van der Waals surface area (Å²) in [6.07, 6.45) is 3.67. The van der Waals surface area contributed by atoms with Crippen LogP contribution in [0.1, 0.15) is 29.9 Å². The van der Waals surface area contributed by atoms with Gasteiger partial charge in [-0.2, -0.15) is 0 Å². The first-order valence-electron chi connectivity index (χ1n) is 11.8. The van der Waals surface area contributed by atoms with E-state index >= 15 is 0 Å². The molecule has 2 amide bonds. The molecule has 35 heavy (non-hydrogen) atoms. The van der Waals surface area contributed by atoms with Gasteiger partial charge in [0, 0.05) is 18.5 Å². The molecule has 2 aromatic rings. The van der Waals surface area contributed by atoms with E-state index < -0.39 is 30.1 Å². The highest BCUT2D eigenvalue weighted by Crippen LogP contribution is 2.44. The standard InChI is InChI=1S/C27H31N3O5/c1-30(2)15-24(25(31)28-18-9-7-8-17(14-18)26(32)33)29-27(34)35-16-23-21-12-5-3-10-19(21)20-11-4-6-13-22(20)23/h3-7,9-13,17-18,23-24H,8,14-16H2,1-2H3,(H,28,31)(H,29,34)(H,32,33)/t17?,18?,24-/m0/s1. The molecule has 0 saturated heterocycles. The molecule has 3 atom stereocenters. The van der Waals surface area contributed by atoms with Gasteiger partial charge < -0.3 is 25.4 Å². The van der Waals surface area contributed by atoms with E-state index in [1.807, 2.05) is 36.4 Å². The van der Waals surface area contributed by atoms with E-state index in [0.29, 0.717) is 12.8 Å². The van der Waals surface area contributed by atoms with Crippen molar-refractivity contribution in [2.45, 2.75) is 30.8 Å². The zero-order valence-electron chi connectivity index (χ0n) is 19.9. The SMILES string of the molecule is CN(C)C[C@H](NC(=O)OCC1c2ccccc2-c2ccccc21)C(=O)NC1C=CCC(C(=O)O)C1. The summed E-state index contributed by atoms with van der Waals surface area (Å²) in [7, 11) is 3.61. The van der Waals surface area contributed by atoms with E-state index in [9.17, 15) is 19.5 Å². The first kappa shape index (κ1) is 24.5. The van der Waals surface area contributed by atoms with Gasteiger partial charge >= 0.3 is 12.1 Å². The predicted molar refractivity (Wildman–Crippen MR) is 132 cm³/mol. The summed E-state index contributed by atoms with van der Waals surface area (Å²) >= 11 is 0. The lowest BCUT2D eigenvalue weighted by atomic mass is 9.91. The van der Waals surface area contributed by atoms with Gasteiger partial charge in [-0.1, -0.05) is 60.7 Å². The number of carboxylic acids is 1. The van der Waals surface area contributed by atoms with Crippen molar-refractivity contribution < 1.29 is 24.2 Å². The summed E-state index contributed by atoms with van der Waals surface area (Å²) in [6, 6.07) is 14.9. The zero-order chi connectivity index (χ0) is 24.9. The van der Waals surface area contributed by atoms with Crippen LogP contribution in [0.2, 0.25) is 0 Å². The highest BCUT2D eigenvalue weighted by atomic mass is 16.5. The lowest BCUT2D eigenvalue weighted by Crippen LogP contribution is -2.54. The van der Waals surface area contributed by atoms with Gasteiger partial charge in [-0.3, -0.25) is 9.59 Å². The number of nitrogens with one attached hydrogen (secondary N) is 2. The monoisotopic (exact) mass is 477 g/mol. The van der Waals surface area contributed by atoms with Crippen molar-refractivity contribution in [3.63, 3.8) is 0 Å². The molecule has 2 aromatic carbocycles. The lowest BCUT2D eigenvalue weighted by molar-refractivity contribution is -0.142. The number of fused-ring (bicyclic) bond motifs is 3. The third-order valence-corrected chi connectivity index (χ3v) is 6.50. The Morgan fingerprint density at radius 2 is 1.69 bits per heavy atom. The van der Waals surface area contributed by atoms with Crippen molar-refractivity contribution >= 4 is 18.0 Å². The fourth-order valence-electron chi connectivity index (χ4n) is 4.82. The van der Waals surface area contributed by atoms with E-state index in [1.54, 1.807) is 31.1 Å². The molecule has 0 bridgehead atoms. The maximum absolute atomic E-state index is 13.0. The smallest absolute Gasteiger partial charge is 0.407 e. The topological polar surface area (TPSA) is 108 Å². The molecular formula is C27H31N3O5. The Kier molecular flexibility index (Phi) is 7.51. The number of carbonyl (C=O) groups excluding carboxylic acids is 2. The quantitative estimate of drug-likeness (QED) is 0.505. The molecule has 3 N–H and O–H groups in total. The number of amides is 2. The van der Waals surface area contributed by atoms with Crippen molar-refractivity contribution in [1.82, 2.24) is 15.5 Å². The second-order valence-corrected chi connectivity index (χ2v) is 9.33. The fraction of sp³-hybridized carbons (Fsp3) is 0.370. The van der Waals surface area contributed by atoms with Gasteiger partial charge in [0.2, 0.25) is 5.91 Å². The molecule has 8 heteroatoms. The maximum Gasteiger partial charge on any atom is 0.407 e. The van der Waals surface area contributed by atoms with Crippen LogP contribution in [0.4, 0.5) is 4.79 Å². The molecule has 0 aromatic heterocycles. The van der Waals surface area contributed by atoms with E-state index in [-0.39, 0.29) is 25.0 Å². The number of aliphatic carboxylic acids is 1. The number of carbonyl (C=O) groups is 3. The summed E-state index contributed by atoms with van der Waals surface area (Å²) in [5.74, 6) is -1.87. The van der Waals surface area contributed by atoms with Gasteiger partial charge in [-0.15, -0.1) is 0 Å². The molecule has 0 saturated carbocycles. The number of likely N-dealkylation sites (N-methyl/N-ethyl adjacent to an activating group) is 1. The summed E-state index contributed by atoms with van der Waals surface area (Å²) in [5, 5.41) is 14.8. The van der Waals surface area contributed by atoms with Gasteiger partial charge in [-0.25, -0.2) is 4.79 Å². The highest BCUT2D eigenvalue weighted by molar-refractivity contribution is 5.86. The maximum atomic E-state index is 13.0. The molecule has 0 aliphatic heterocycles. The third kappa shape index (κ3) is 5.71. The first-order valence-corrected chi connectivity index (χ1v) is 11.8. The Morgan fingerprint density at radius 3 is 2.29 bits per heavy atom. The number of allylic oxidation sites excluding steroid dienone is 1. The van der Waals surface area contributed by atoms with Crippen molar-refractivity contribution in [1.29, 1.82) is 0 Å². The minimum atomic E-state index is -0.879. The molecule has 2 unspecified atom stereocenters. The Bertz CT molecular complexity index is 1080. The van der Waals surface area contributed by atoms with Crippen LogP contribution in [0.15, 0.2) is 60.7 Å². The molecule has 2 aliphatic carbocycles. The molecule has 2 aliphatic rings. The number of alkyl carbamates (subject to hydrolysis) is 1. The van der Waals surface area contributed by atoms with Crippen LogP contribution in [-0.2, 0) is 14.3 Å². The molecule has 0 spiro atoms. The van der Waals surface area contributed by atoms with Crippen molar-refractivity contribution in [2.24, 2.45) is 5.92 Å². The summed E-state index contributed by atoms with van der Waals surface area (Å²) in [5.41, 5.74) is 4.51. The number of carboxylic acid groups (broad SMARTS) is 1. The van der Waals surface area contributed by atoms with Gasteiger partial charge in [0.05, 0.1) is 5.92 Å². The lowest BCUT2D eigenvalue weighted by Gasteiger charge is -2.27. The van der Waals surface area contributed by atoms with Crippen LogP contribution in [0.5, 0.6) is 0 Å².